The first-order valence-corrected chi connectivity index (χ1v) is 6.57. The maximum absolute atomic E-state index is 10.7. The van der Waals surface area contributed by atoms with Crippen LogP contribution < -0.4 is 0 Å². The Morgan fingerprint density at radius 3 is 2.44 bits per heavy atom. The van der Waals surface area contributed by atoms with Crippen LogP contribution in [0.4, 0.5) is 0 Å². The van der Waals surface area contributed by atoms with Gasteiger partial charge in [-0.05, 0) is 23.6 Å². The third kappa shape index (κ3) is 4.95. The SMILES string of the molecule is CS(=O)(=O)OC=Cc1ccc(CCO)cc1. The number of hydrogen-bond donors (Lipinski definition) is 1. The van der Waals surface area contributed by atoms with E-state index in [0.717, 1.165) is 23.6 Å². The Hall–Kier alpha value is -1.33. The van der Waals surface area contributed by atoms with Crippen molar-refractivity contribution in [2.75, 3.05) is 12.9 Å². The summed E-state index contributed by atoms with van der Waals surface area (Å²) in [7, 11) is -3.43. The van der Waals surface area contributed by atoms with Gasteiger partial charge in [0.05, 0.1) is 6.26 Å². The predicted molar refractivity (Wildman–Crippen MR) is 62.2 cm³/mol. The van der Waals surface area contributed by atoms with Crippen LogP contribution in [0.2, 0.25) is 0 Å². The van der Waals surface area contributed by atoms with Crippen LogP contribution in [0, 0.1) is 0 Å². The Morgan fingerprint density at radius 1 is 1.31 bits per heavy atom. The van der Waals surface area contributed by atoms with Crippen molar-refractivity contribution in [2.45, 2.75) is 6.42 Å². The fraction of sp³-hybridized carbons (Fsp3) is 0.273. The van der Waals surface area contributed by atoms with E-state index < -0.39 is 10.1 Å². The van der Waals surface area contributed by atoms with Crippen molar-refractivity contribution in [3.63, 3.8) is 0 Å². The lowest BCUT2D eigenvalue weighted by atomic mass is 10.1. The second-order valence-corrected chi connectivity index (χ2v) is 4.92. The zero-order valence-corrected chi connectivity index (χ0v) is 9.78. The molecule has 1 rings (SSSR count). The van der Waals surface area contributed by atoms with Crippen LogP contribution in [-0.2, 0) is 20.7 Å². The van der Waals surface area contributed by atoms with E-state index in [2.05, 4.69) is 4.18 Å². The Morgan fingerprint density at radius 2 is 1.94 bits per heavy atom. The summed E-state index contributed by atoms with van der Waals surface area (Å²) in [6, 6.07) is 7.40. The van der Waals surface area contributed by atoms with Gasteiger partial charge in [-0.1, -0.05) is 24.3 Å². The summed E-state index contributed by atoms with van der Waals surface area (Å²) in [5.41, 5.74) is 1.87. The number of benzene rings is 1. The summed E-state index contributed by atoms with van der Waals surface area (Å²) < 4.78 is 25.8. The van der Waals surface area contributed by atoms with Gasteiger partial charge in [-0.3, -0.25) is 0 Å². The summed E-state index contributed by atoms with van der Waals surface area (Å²) in [6.07, 6.45) is 4.30. The van der Waals surface area contributed by atoms with Crippen molar-refractivity contribution in [3.05, 3.63) is 41.7 Å². The first kappa shape index (κ1) is 12.7. The van der Waals surface area contributed by atoms with Gasteiger partial charge in [0, 0.05) is 6.61 Å². The second kappa shape index (κ2) is 5.67. The Labute approximate surface area is 95.3 Å². The predicted octanol–water partition coefficient (Wildman–Crippen LogP) is 1.17. The fourth-order valence-electron chi connectivity index (χ4n) is 1.13. The lowest BCUT2D eigenvalue weighted by Gasteiger charge is -1.99. The number of aliphatic hydroxyl groups is 1. The Balaban J connectivity index is 2.61. The molecular formula is C11H14O4S. The molecule has 4 nitrogen and oxygen atoms in total. The molecule has 16 heavy (non-hydrogen) atoms. The van der Waals surface area contributed by atoms with Gasteiger partial charge in [-0.25, -0.2) is 0 Å². The standard InChI is InChI=1S/C11H14O4S/c1-16(13,14)15-9-7-11-4-2-10(3-5-11)6-8-12/h2-5,7,9,12H,6,8H2,1H3. The van der Waals surface area contributed by atoms with Crippen molar-refractivity contribution in [3.8, 4) is 0 Å². The van der Waals surface area contributed by atoms with Crippen molar-refractivity contribution in [1.29, 1.82) is 0 Å². The minimum absolute atomic E-state index is 0.117. The molecule has 0 fully saturated rings. The third-order valence-corrected chi connectivity index (χ3v) is 2.33. The fourth-order valence-corrected chi connectivity index (χ4v) is 1.39. The molecule has 88 valence electrons. The molecule has 0 amide bonds. The highest BCUT2D eigenvalue weighted by atomic mass is 32.2. The van der Waals surface area contributed by atoms with Crippen LogP contribution in [0.5, 0.6) is 0 Å². The Bertz CT molecular complexity index is 445. The first-order valence-electron chi connectivity index (χ1n) is 4.76. The van der Waals surface area contributed by atoms with Gasteiger partial charge in [0.25, 0.3) is 0 Å². The van der Waals surface area contributed by atoms with Gasteiger partial charge in [-0.15, -0.1) is 0 Å². The highest BCUT2D eigenvalue weighted by Crippen LogP contribution is 2.07. The molecule has 0 bridgehead atoms. The molecule has 1 aromatic rings. The van der Waals surface area contributed by atoms with E-state index in [1.807, 2.05) is 24.3 Å². The van der Waals surface area contributed by atoms with Gasteiger partial charge in [0.15, 0.2) is 0 Å². The quantitative estimate of drug-likeness (QED) is 0.622. The lowest BCUT2D eigenvalue weighted by Crippen LogP contribution is -1.95. The molecule has 1 aromatic carbocycles. The molecule has 0 aliphatic carbocycles. The highest BCUT2D eigenvalue weighted by Gasteiger charge is 1.96. The van der Waals surface area contributed by atoms with Crippen LogP contribution in [0.3, 0.4) is 0 Å². The van der Waals surface area contributed by atoms with Crippen molar-refractivity contribution < 1.29 is 17.7 Å². The maximum atomic E-state index is 10.7. The smallest absolute Gasteiger partial charge is 0.305 e. The van der Waals surface area contributed by atoms with Gasteiger partial charge in [-0.2, -0.15) is 8.42 Å². The van der Waals surface area contributed by atoms with Crippen molar-refractivity contribution >= 4 is 16.2 Å². The van der Waals surface area contributed by atoms with E-state index in [9.17, 15) is 8.42 Å². The Kier molecular flexibility index (Phi) is 4.52. The molecule has 0 aromatic heterocycles. The minimum Gasteiger partial charge on any atom is -0.396 e. The second-order valence-electron chi connectivity index (χ2n) is 3.32. The summed E-state index contributed by atoms with van der Waals surface area (Å²) in [6.45, 7) is 0.117. The van der Waals surface area contributed by atoms with Gasteiger partial charge < -0.3 is 9.29 Å². The lowest BCUT2D eigenvalue weighted by molar-refractivity contribution is 0.299. The van der Waals surface area contributed by atoms with E-state index in [4.69, 9.17) is 5.11 Å². The van der Waals surface area contributed by atoms with E-state index in [0.29, 0.717) is 6.42 Å². The molecule has 0 spiro atoms. The van der Waals surface area contributed by atoms with Gasteiger partial charge >= 0.3 is 10.1 Å². The molecule has 0 aliphatic rings. The molecule has 0 unspecified atom stereocenters. The molecule has 0 saturated carbocycles. The maximum Gasteiger partial charge on any atom is 0.305 e. The monoisotopic (exact) mass is 242 g/mol. The van der Waals surface area contributed by atoms with Crippen molar-refractivity contribution in [1.82, 2.24) is 0 Å². The van der Waals surface area contributed by atoms with Crippen LogP contribution >= 0.6 is 0 Å². The largest absolute Gasteiger partial charge is 0.396 e. The third-order valence-electron chi connectivity index (χ3n) is 1.87. The van der Waals surface area contributed by atoms with Crippen LogP contribution in [0.1, 0.15) is 11.1 Å². The zero-order chi connectivity index (χ0) is 12.0. The highest BCUT2D eigenvalue weighted by molar-refractivity contribution is 7.86. The molecular weight excluding hydrogens is 228 g/mol. The van der Waals surface area contributed by atoms with Gasteiger partial charge in [0.1, 0.15) is 6.26 Å². The first-order chi connectivity index (χ1) is 7.51. The molecule has 0 radical (unpaired) electrons. The molecule has 0 heterocycles. The number of hydrogen-bond acceptors (Lipinski definition) is 4. The zero-order valence-electron chi connectivity index (χ0n) is 8.96. The molecule has 0 aliphatic heterocycles. The van der Waals surface area contributed by atoms with Crippen LogP contribution in [0.25, 0.3) is 6.08 Å². The van der Waals surface area contributed by atoms with E-state index in [1.165, 1.54) is 0 Å². The topological polar surface area (TPSA) is 63.6 Å². The number of aliphatic hydroxyl groups excluding tert-OH is 1. The molecule has 1 N–H and O–H groups in total. The normalized spacial score (nSPS) is 11.9. The summed E-state index contributed by atoms with van der Waals surface area (Å²) in [5, 5.41) is 8.72. The van der Waals surface area contributed by atoms with Crippen molar-refractivity contribution in [2.24, 2.45) is 0 Å². The molecule has 5 heteroatoms. The molecule has 0 saturated heterocycles. The average Bonchev–Trinajstić information content (AvgIpc) is 2.19. The average molecular weight is 242 g/mol. The van der Waals surface area contributed by atoms with E-state index >= 15 is 0 Å². The van der Waals surface area contributed by atoms with Crippen LogP contribution in [-0.4, -0.2) is 26.4 Å². The van der Waals surface area contributed by atoms with E-state index in [-0.39, 0.29) is 6.61 Å². The number of rotatable bonds is 5. The summed E-state index contributed by atoms with van der Waals surface area (Å²) in [5.74, 6) is 0. The van der Waals surface area contributed by atoms with Crippen LogP contribution in [0.15, 0.2) is 30.5 Å². The minimum atomic E-state index is -3.43. The summed E-state index contributed by atoms with van der Waals surface area (Å²) >= 11 is 0. The molecule has 0 atom stereocenters. The summed E-state index contributed by atoms with van der Waals surface area (Å²) in [4.78, 5) is 0. The van der Waals surface area contributed by atoms with Gasteiger partial charge in [0.2, 0.25) is 0 Å². The van der Waals surface area contributed by atoms with E-state index in [1.54, 1.807) is 6.08 Å².